The van der Waals surface area contributed by atoms with E-state index in [4.69, 9.17) is 4.74 Å². The molecule has 0 saturated carbocycles. The molecule has 152 valence electrons. The maximum absolute atomic E-state index is 15.3. The van der Waals surface area contributed by atoms with Crippen LogP contribution in [0.4, 0.5) is 9.18 Å². The summed E-state index contributed by atoms with van der Waals surface area (Å²) in [6.45, 7) is 4.75. The molecule has 2 atom stereocenters. The largest absolute Gasteiger partial charge is 0.444 e. The number of benzene rings is 2. The Hall–Kier alpha value is -3.22. The highest BCUT2D eigenvalue weighted by atomic mass is 19.1. The SMILES string of the molecule is CC(C)(C)OC(=O)NC(CN1C(=O)c2ccccc2C1=O)C(F)c1ccccc1. The number of halogens is 1. The molecule has 0 saturated heterocycles. The number of carbonyl (C=O) groups is 3. The molecule has 3 amide bonds. The van der Waals surface area contributed by atoms with E-state index < -0.39 is 35.7 Å². The summed E-state index contributed by atoms with van der Waals surface area (Å²) in [6, 6.07) is 13.5. The molecule has 2 aromatic rings. The number of alkyl halides is 1. The van der Waals surface area contributed by atoms with Crippen molar-refractivity contribution < 1.29 is 23.5 Å². The molecule has 0 bridgehead atoms. The van der Waals surface area contributed by atoms with Crippen molar-refractivity contribution in [2.24, 2.45) is 0 Å². The summed E-state index contributed by atoms with van der Waals surface area (Å²) in [7, 11) is 0. The molecule has 6 nitrogen and oxygen atoms in total. The Morgan fingerprint density at radius 3 is 2.03 bits per heavy atom. The summed E-state index contributed by atoms with van der Waals surface area (Å²) in [5.41, 5.74) is 0.0837. The van der Waals surface area contributed by atoms with Gasteiger partial charge in [0.05, 0.1) is 23.7 Å². The molecule has 1 aliphatic rings. The van der Waals surface area contributed by atoms with Gasteiger partial charge in [0.25, 0.3) is 11.8 Å². The van der Waals surface area contributed by atoms with Crippen LogP contribution in [0.2, 0.25) is 0 Å². The summed E-state index contributed by atoms with van der Waals surface area (Å²) >= 11 is 0. The van der Waals surface area contributed by atoms with E-state index in [1.165, 1.54) is 0 Å². The molecule has 0 radical (unpaired) electrons. The number of fused-ring (bicyclic) bond motifs is 1. The smallest absolute Gasteiger partial charge is 0.408 e. The van der Waals surface area contributed by atoms with Crippen molar-refractivity contribution in [1.82, 2.24) is 10.2 Å². The molecule has 2 unspecified atom stereocenters. The summed E-state index contributed by atoms with van der Waals surface area (Å²) in [6.07, 6.45) is -2.47. The fraction of sp³-hybridized carbons (Fsp3) is 0.318. The van der Waals surface area contributed by atoms with Gasteiger partial charge in [-0.25, -0.2) is 9.18 Å². The van der Waals surface area contributed by atoms with Crippen molar-refractivity contribution in [2.45, 2.75) is 38.6 Å². The molecular formula is C22H23FN2O4. The van der Waals surface area contributed by atoms with Gasteiger partial charge >= 0.3 is 6.09 Å². The highest BCUT2D eigenvalue weighted by Crippen LogP contribution is 2.27. The average molecular weight is 398 g/mol. The van der Waals surface area contributed by atoms with E-state index in [0.29, 0.717) is 5.56 Å². The zero-order chi connectivity index (χ0) is 21.2. The number of hydrogen-bond donors (Lipinski definition) is 1. The van der Waals surface area contributed by atoms with Crippen LogP contribution in [0.5, 0.6) is 0 Å². The van der Waals surface area contributed by atoms with Crippen LogP contribution >= 0.6 is 0 Å². The van der Waals surface area contributed by atoms with E-state index in [1.807, 2.05) is 0 Å². The van der Waals surface area contributed by atoms with Gasteiger partial charge in [-0.2, -0.15) is 0 Å². The molecule has 1 heterocycles. The van der Waals surface area contributed by atoms with Crippen molar-refractivity contribution in [3.05, 3.63) is 71.3 Å². The molecule has 0 fully saturated rings. The first-order valence-corrected chi connectivity index (χ1v) is 9.31. The lowest BCUT2D eigenvalue weighted by molar-refractivity contribution is 0.0423. The van der Waals surface area contributed by atoms with Crippen molar-refractivity contribution in [2.75, 3.05) is 6.54 Å². The number of nitrogens with zero attached hydrogens (tertiary/aromatic N) is 1. The minimum atomic E-state index is -1.65. The third kappa shape index (κ3) is 4.62. The van der Waals surface area contributed by atoms with Crippen LogP contribution in [0.3, 0.4) is 0 Å². The summed E-state index contributed by atoms with van der Waals surface area (Å²) in [5.74, 6) is -1.02. The van der Waals surface area contributed by atoms with Crippen molar-refractivity contribution >= 4 is 17.9 Å². The number of hydrogen-bond acceptors (Lipinski definition) is 4. The number of amides is 3. The second-order valence-electron chi connectivity index (χ2n) is 7.83. The van der Waals surface area contributed by atoms with E-state index in [-0.39, 0.29) is 17.7 Å². The normalized spacial score (nSPS) is 15.7. The van der Waals surface area contributed by atoms with E-state index >= 15 is 4.39 Å². The lowest BCUT2D eigenvalue weighted by Crippen LogP contribution is -2.49. The topological polar surface area (TPSA) is 75.7 Å². The second kappa shape index (κ2) is 8.03. The monoisotopic (exact) mass is 398 g/mol. The fourth-order valence-corrected chi connectivity index (χ4v) is 3.14. The third-order valence-corrected chi connectivity index (χ3v) is 4.43. The van der Waals surface area contributed by atoms with Crippen molar-refractivity contribution in [3.63, 3.8) is 0 Å². The van der Waals surface area contributed by atoms with Gasteiger partial charge in [-0.3, -0.25) is 14.5 Å². The molecule has 3 rings (SSSR count). The number of imide groups is 1. The maximum Gasteiger partial charge on any atom is 0.408 e. The second-order valence-corrected chi connectivity index (χ2v) is 7.83. The van der Waals surface area contributed by atoms with Crippen LogP contribution in [-0.2, 0) is 4.74 Å². The van der Waals surface area contributed by atoms with Crippen LogP contribution in [0.25, 0.3) is 0 Å². The number of nitrogens with one attached hydrogen (secondary N) is 1. The van der Waals surface area contributed by atoms with Gasteiger partial charge in [-0.1, -0.05) is 42.5 Å². The Kier molecular flexibility index (Phi) is 5.68. The van der Waals surface area contributed by atoms with E-state index in [2.05, 4.69) is 5.32 Å². The van der Waals surface area contributed by atoms with Gasteiger partial charge in [0.2, 0.25) is 0 Å². The highest BCUT2D eigenvalue weighted by Gasteiger charge is 2.39. The van der Waals surface area contributed by atoms with Crippen molar-refractivity contribution in [1.29, 1.82) is 0 Å². The van der Waals surface area contributed by atoms with Crippen LogP contribution in [0, 0.1) is 0 Å². The Morgan fingerprint density at radius 1 is 1.00 bits per heavy atom. The van der Waals surface area contributed by atoms with E-state index in [0.717, 1.165) is 4.90 Å². The zero-order valence-corrected chi connectivity index (χ0v) is 16.5. The molecule has 29 heavy (non-hydrogen) atoms. The highest BCUT2D eigenvalue weighted by molar-refractivity contribution is 6.21. The molecule has 0 aliphatic carbocycles. The van der Waals surface area contributed by atoms with Gasteiger partial charge in [0.1, 0.15) is 11.8 Å². The molecule has 1 aliphatic heterocycles. The third-order valence-electron chi connectivity index (χ3n) is 4.43. The number of rotatable bonds is 5. The lowest BCUT2D eigenvalue weighted by Gasteiger charge is -2.28. The number of ether oxygens (including phenoxy) is 1. The van der Waals surface area contributed by atoms with Crippen molar-refractivity contribution in [3.8, 4) is 0 Å². The van der Waals surface area contributed by atoms with Crippen LogP contribution in [0.15, 0.2) is 54.6 Å². The first kappa shape index (κ1) is 20.5. The Bertz CT molecular complexity index is 889. The number of alkyl carbamates (subject to hydrolysis) is 1. The predicted molar refractivity (Wildman–Crippen MR) is 105 cm³/mol. The van der Waals surface area contributed by atoms with Gasteiger partial charge in [-0.05, 0) is 38.5 Å². The Morgan fingerprint density at radius 2 is 1.52 bits per heavy atom. The first-order chi connectivity index (χ1) is 13.7. The average Bonchev–Trinajstić information content (AvgIpc) is 2.91. The molecule has 1 N–H and O–H groups in total. The summed E-state index contributed by atoms with van der Waals surface area (Å²) < 4.78 is 20.5. The standard InChI is InChI=1S/C22H23FN2O4/c1-22(2,3)29-21(28)24-17(18(23)14-9-5-4-6-10-14)13-25-19(26)15-11-7-8-12-16(15)20(25)27/h4-12,17-18H,13H2,1-3H3,(H,24,28). The maximum atomic E-state index is 15.3. The Balaban J connectivity index is 1.84. The Labute approximate surface area is 168 Å². The van der Waals surface area contributed by atoms with E-state index in [9.17, 15) is 14.4 Å². The summed E-state index contributed by atoms with van der Waals surface area (Å²) in [4.78, 5) is 38.5. The van der Waals surface area contributed by atoms with E-state index in [1.54, 1.807) is 75.4 Å². The predicted octanol–water partition coefficient (Wildman–Crippen LogP) is 3.89. The minimum absolute atomic E-state index is 0.267. The van der Waals surface area contributed by atoms with Crippen LogP contribution < -0.4 is 5.32 Å². The minimum Gasteiger partial charge on any atom is -0.444 e. The quantitative estimate of drug-likeness (QED) is 0.776. The molecule has 7 heteroatoms. The van der Waals surface area contributed by atoms with Gasteiger partial charge in [-0.15, -0.1) is 0 Å². The van der Waals surface area contributed by atoms with Crippen LogP contribution in [0.1, 0.15) is 53.2 Å². The number of carbonyl (C=O) groups excluding carboxylic acids is 3. The first-order valence-electron chi connectivity index (χ1n) is 9.31. The molecular weight excluding hydrogens is 375 g/mol. The van der Waals surface area contributed by atoms with Gasteiger partial charge < -0.3 is 10.1 Å². The molecule has 2 aromatic carbocycles. The summed E-state index contributed by atoms with van der Waals surface area (Å²) in [5, 5.41) is 2.48. The zero-order valence-electron chi connectivity index (χ0n) is 16.5. The molecule has 0 spiro atoms. The van der Waals surface area contributed by atoms with Gasteiger partial charge in [0.15, 0.2) is 0 Å². The molecule has 0 aromatic heterocycles. The lowest BCUT2D eigenvalue weighted by atomic mass is 10.0. The van der Waals surface area contributed by atoms with Gasteiger partial charge in [0, 0.05) is 0 Å². The van der Waals surface area contributed by atoms with Crippen LogP contribution in [-0.4, -0.2) is 41.0 Å². The fourth-order valence-electron chi connectivity index (χ4n) is 3.14.